The van der Waals surface area contributed by atoms with Crippen molar-refractivity contribution in [3.63, 3.8) is 0 Å². The van der Waals surface area contributed by atoms with Crippen molar-refractivity contribution in [2.24, 2.45) is 0 Å². The quantitative estimate of drug-likeness (QED) is 0.462. The summed E-state index contributed by atoms with van der Waals surface area (Å²) in [5, 5.41) is 21.1. The molecule has 4 rings (SSSR count). The van der Waals surface area contributed by atoms with Gasteiger partial charge in [-0.1, -0.05) is 18.2 Å². The monoisotopic (exact) mass is 306 g/mol. The molecule has 0 amide bonds. The van der Waals surface area contributed by atoms with Gasteiger partial charge in [-0.15, -0.1) is 0 Å². The molecule has 0 aliphatic heterocycles. The summed E-state index contributed by atoms with van der Waals surface area (Å²) in [5.74, 6) is 1.80. The summed E-state index contributed by atoms with van der Waals surface area (Å²) in [6, 6.07) is 11.6. The number of hydrogen-bond donors (Lipinski definition) is 4. The van der Waals surface area contributed by atoms with Gasteiger partial charge >= 0.3 is 0 Å². The summed E-state index contributed by atoms with van der Waals surface area (Å²) >= 11 is 0. The number of rotatable bonds is 4. The molecule has 4 aromatic rings. The fraction of sp³-hybridized carbons (Fsp3) is 0.0667. The van der Waals surface area contributed by atoms with Gasteiger partial charge in [0.2, 0.25) is 5.95 Å². The number of fused-ring (bicyclic) bond motifs is 1. The van der Waals surface area contributed by atoms with Gasteiger partial charge in [0.05, 0.1) is 11.6 Å². The highest BCUT2D eigenvalue weighted by Gasteiger charge is 2.11. The molecule has 0 bridgehead atoms. The van der Waals surface area contributed by atoms with Gasteiger partial charge in [-0.25, -0.2) is 0 Å². The molecule has 0 saturated heterocycles. The van der Waals surface area contributed by atoms with E-state index in [4.69, 9.17) is 0 Å². The van der Waals surface area contributed by atoms with Crippen LogP contribution < -0.4 is 10.6 Å². The average molecular weight is 306 g/mol. The van der Waals surface area contributed by atoms with Crippen molar-refractivity contribution in [1.29, 1.82) is 0 Å². The van der Waals surface area contributed by atoms with Crippen LogP contribution in [0.3, 0.4) is 0 Å². The first-order chi connectivity index (χ1) is 11.3. The highest BCUT2D eigenvalue weighted by atomic mass is 15.2. The van der Waals surface area contributed by atoms with Gasteiger partial charge < -0.3 is 10.6 Å². The molecule has 0 saturated carbocycles. The molecule has 3 aromatic heterocycles. The number of H-pyrrole nitrogens is 2. The molecule has 0 aliphatic carbocycles. The molecule has 0 unspecified atom stereocenters. The second kappa shape index (κ2) is 5.41. The zero-order valence-corrected chi connectivity index (χ0v) is 12.3. The number of para-hydroxylation sites is 1. The number of aromatic nitrogens is 6. The van der Waals surface area contributed by atoms with Gasteiger partial charge in [0.1, 0.15) is 5.82 Å². The minimum absolute atomic E-state index is 0.475. The Balaban J connectivity index is 1.72. The highest BCUT2D eigenvalue weighted by molar-refractivity contribution is 5.88. The lowest BCUT2D eigenvalue weighted by Crippen LogP contribution is -2.02. The molecule has 0 radical (unpaired) electrons. The number of hydrogen-bond acceptors (Lipinski definition) is 6. The smallest absolute Gasteiger partial charge is 0.231 e. The predicted octanol–water partition coefficient (Wildman–Crippen LogP) is 2.87. The van der Waals surface area contributed by atoms with E-state index in [-0.39, 0.29) is 0 Å². The Labute approximate surface area is 131 Å². The topological polar surface area (TPSA) is 107 Å². The molecule has 8 heteroatoms. The van der Waals surface area contributed by atoms with Crippen LogP contribution in [0.2, 0.25) is 0 Å². The normalized spacial score (nSPS) is 10.8. The third kappa shape index (κ3) is 2.69. The van der Waals surface area contributed by atoms with Crippen molar-refractivity contribution >= 4 is 34.3 Å². The third-order valence-corrected chi connectivity index (χ3v) is 3.29. The lowest BCUT2D eigenvalue weighted by Gasteiger charge is -2.08. The van der Waals surface area contributed by atoms with Crippen molar-refractivity contribution in [2.45, 2.75) is 6.92 Å². The average Bonchev–Trinajstić information content (AvgIpc) is 3.17. The van der Waals surface area contributed by atoms with Crippen molar-refractivity contribution in [3.8, 4) is 0 Å². The number of aryl methyl sites for hydroxylation is 1. The summed E-state index contributed by atoms with van der Waals surface area (Å²) < 4.78 is 0. The Morgan fingerprint density at radius 3 is 2.65 bits per heavy atom. The lowest BCUT2D eigenvalue weighted by molar-refractivity contribution is 1.05. The molecule has 0 spiro atoms. The van der Waals surface area contributed by atoms with Gasteiger partial charge in [0.25, 0.3) is 0 Å². The van der Waals surface area contributed by atoms with E-state index in [1.807, 2.05) is 43.3 Å². The zero-order chi connectivity index (χ0) is 15.6. The van der Waals surface area contributed by atoms with E-state index in [1.165, 1.54) is 0 Å². The second-order valence-corrected chi connectivity index (χ2v) is 5.08. The minimum atomic E-state index is 0.475. The van der Waals surface area contributed by atoms with Gasteiger partial charge in [-0.3, -0.25) is 10.2 Å². The van der Waals surface area contributed by atoms with Crippen LogP contribution in [0.25, 0.3) is 11.0 Å². The molecule has 3 heterocycles. The Bertz CT molecular complexity index is 940. The summed E-state index contributed by atoms with van der Waals surface area (Å²) in [6.07, 6.45) is 1.68. The lowest BCUT2D eigenvalue weighted by atomic mass is 10.3. The first-order valence-corrected chi connectivity index (χ1v) is 7.10. The fourth-order valence-corrected chi connectivity index (χ4v) is 2.24. The van der Waals surface area contributed by atoms with Crippen LogP contribution in [-0.2, 0) is 0 Å². The zero-order valence-electron chi connectivity index (χ0n) is 12.3. The number of nitrogens with one attached hydrogen (secondary N) is 4. The first-order valence-electron chi connectivity index (χ1n) is 7.10. The number of nitrogens with zero attached hydrogens (tertiary/aromatic N) is 4. The highest BCUT2D eigenvalue weighted by Crippen LogP contribution is 2.24. The summed E-state index contributed by atoms with van der Waals surface area (Å²) in [4.78, 5) is 8.96. The van der Waals surface area contributed by atoms with Crippen LogP contribution in [0.4, 0.5) is 23.3 Å². The molecule has 0 aliphatic rings. The molecule has 114 valence electrons. The predicted molar refractivity (Wildman–Crippen MR) is 88.0 cm³/mol. The Kier molecular flexibility index (Phi) is 3.12. The van der Waals surface area contributed by atoms with Crippen LogP contribution in [0.1, 0.15) is 5.69 Å². The number of aromatic amines is 2. The molecular formula is C15H14N8. The van der Waals surface area contributed by atoms with Crippen molar-refractivity contribution in [1.82, 2.24) is 30.4 Å². The van der Waals surface area contributed by atoms with Crippen LogP contribution in [0.5, 0.6) is 0 Å². The standard InChI is InChI=1S/C15H14N8/c1-9-7-12(22-21-9)18-13-11-8-16-23-14(11)20-15(19-13)17-10-5-3-2-4-6-10/h2-8H,1H3,(H4,16,17,18,19,20,21,22,23). The Morgan fingerprint density at radius 2 is 1.87 bits per heavy atom. The van der Waals surface area contributed by atoms with Gasteiger partial charge in [-0.2, -0.15) is 20.2 Å². The van der Waals surface area contributed by atoms with E-state index in [0.29, 0.717) is 23.2 Å². The third-order valence-electron chi connectivity index (χ3n) is 3.29. The van der Waals surface area contributed by atoms with E-state index in [9.17, 15) is 0 Å². The molecular weight excluding hydrogens is 292 g/mol. The first kappa shape index (κ1) is 13.3. The summed E-state index contributed by atoms with van der Waals surface area (Å²) in [7, 11) is 0. The number of anilines is 4. The van der Waals surface area contributed by atoms with E-state index in [0.717, 1.165) is 16.8 Å². The molecule has 23 heavy (non-hydrogen) atoms. The van der Waals surface area contributed by atoms with Crippen molar-refractivity contribution < 1.29 is 0 Å². The minimum Gasteiger partial charge on any atom is -0.324 e. The number of benzene rings is 1. The van der Waals surface area contributed by atoms with E-state index in [1.54, 1.807) is 6.20 Å². The molecule has 8 nitrogen and oxygen atoms in total. The van der Waals surface area contributed by atoms with Crippen molar-refractivity contribution in [2.75, 3.05) is 10.6 Å². The van der Waals surface area contributed by atoms with Crippen molar-refractivity contribution in [3.05, 3.63) is 48.3 Å². The van der Waals surface area contributed by atoms with Gasteiger partial charge in [0.15, 0.2) is 11.5 Å². The largest absolute Gasteiger partial charge is 0.324 e. The maximum atomic E-state index is 4.53. The molecule has 1 aromatic carbocycles. The van der Waals surface area contributed by atoms with E-state index < -0.39 is 0 Å². The second-order valence-electron chi connectivity index (χ2n) is 5.08. The van der Waals surface area contributed by atoms with Crippen LogP contribution in [0.15, 0.2) is 42.6 Å². The van der Waals surface area contributed by atoms with Gasteiger partial charge in [-0.05, 0) is 19.1 Å². The Hall–Kier alpha value is -3.42. The molecule has 4 N–H and O–H groups in total. The van der Waals surface area contributed by atoms with Gasteiger partial charge in [0, 0.05) is 17.4 Å². The van der Waals surface area contributed by atoms with Crippen LogP contribution in [0, 0.1) is 6.92 Å². The maximum absolute atomic E-state index is 4.53. The maximum Gasteiger partial charge on any atom is 0.231 e. The molecule has 0 atom stereocenters. The fourth-order valence-electron chi connectivity index (χ4n) is 2.24. The van der Waals surface area contributed by atoms with Crippen LogP contribution >= 0.6 is 0 Å². The Morgan fingerprint density at radius 1 is 1.00 bits per heavy atom. The summed E-state index contributed by atoms with van der Waals surface area (Å²) in [6.45, 7) is 1.94. The van der Waals surface area contributed by atoms with E-state index in [2.05, 4.69) is 41.0 Å². The van der Waals surface area contributed by atoms with E-state index >= 15 is 0 Å². The molecule has 0 fully saturated rings. The SMILES string of the molecule is Cc1cc(Nc2nc(Nc3ccccc3)nc3[nH]ncc23)n[nH]1. The van der Waals surface area contributed by atoms with Crippen LogP contribution in [-0.4, -0.2) is 30.4 Å². The summed E-state index contributed by atoms with van der Waals surface area (Å²) in [5.41, 5.74) is 2.52.